The molecule has 5 heteroatoms. The van der Waals surface area contributed by atoms with Crippen LogP contribution in [-0.2, 0) is 4.79 Å². The summed E-state index contributed by atoms with van der Waals surface area (Å²) in [5.41, 5.74) is 6.33. The second-order valence-corrected chi connectivity index (χ2v) is 6.47. The van der Waals surface area contributed by atoms with E-state index in [1.54, 1.807) is 24.3 Å². The molecular weight excluding hydrogens is 284 g/mol. The van der Waals surface area contributed by atoms with Crippen molar-refractivity contribution in [2.24, 2.45) is 17.6 Å². The van der Waals surface area contributed by atoms with E-state index in [2.05, 4.69) is 5.32 Å². The molecule has 4 nitrogen and oxygen atoms in total. The third kappa shape index (κ3) is 3.35. The summed E-state index contributed by atoms with van der Waals surface area (Å²) < 4.78 is 5.50. The quantitative estimate of drug-likeness (QED) is 0.817. The SMILES string of the molecule is NC(=S)c1ccc(OCC(=O)NC2CC3CCC2C3)cc1. The number of nitrogens with one attached hydrogen (secondary N) is 1. The molecule has 0 aromatic heterocycles. The number of amides is 1. The van der Waals surface area contributed by atoms with E-state index in [0.29, 0.717) is 22.7 Å². The van der Waals surface area contributed by atoms with Gasteiger partial charge in [-0.3, -0.25) is 4.79 Å². The van der Waals surface area contributed by atoms with Crippen LogP contribution < -0.4 is 15.8 Å². The van der Waals surface area contributed by atoms with Crippen LogP contribution in [0.15, 0.2) is 24.3 Å². The average Bonchev–Trinajstić information content (AvgIpc) is 3.08. The van der Waals surface area contributed by atoms with Gasteiger partial charge in [0.25, 0.3) is 5.91 Å². The van der Waals surface area contributed by atoms with E-state index in [9.17, 15) is 4.79 Å². The van der Waals surface area contributed by atoms with Crippen LogP contribution >= 0.6 is 12.2 Å². The van der Waals surface area contributed by atoms with Gasteiger partial charge in [-0.1, -0.05) is 18.6 Å². The number of thiocarbonyl (C=S) groups is 1. The Morgan fingerprint density at radius 2 is 2.05 bits per heavy atom. The van der Waals surface area contributed by atoms with Gasteiger partial charge in [0.2, 0.25) is 0 Å². The van der Waals surface area contributed by atoms with Crippen LogP contribution in [0.2, 0.25) is 0 Å². The Balaban J connectivity index is 1.46. The molecule has 2 aliphatic carbocycles. The predicted octanol–water partition coefficient (Wildman–Crippen LogP) is 2.00. The standard InChI is InChI=1S/C16H20N2O2S/c17-16(21)11-3-5-13(6-4-11)20-9-15(19)18-14-8-10-1-2-12(14)7-10/h3-6,10,12,14H,1-2,7-9H2,(H2,17,21)(H,18,19). The van der Waals surface area contributed by atoms with Crippen molar-refractivity contribution in [3.8, 4) is 5.75 Å². The van der Waals surface area contributed by atoms with Gasteiger partial charge in [0.05, 0.1) is 0 Å². The largest absolute Gasteiger partial charge is 0.484 e. The summed E-state index contributed by atoms with van der Waals surface area (Å²) in [5.74, 6) is 2.13. The average molecular weight is 304 g/mol. The minimum atomic E-state index is -0.0361. The molecule has 3 unspecified atom stereocenters. The van der Waals surface area contributed by atoms with Crippen LogP contribution in [0.25, 0.3) is 0 Å². The van der Waals surface area contributed by atoms with E-state index in [1.165, 1.54) is 19.3 Å². The molecule has 0 radical (unpaired) electrons. The summed E-state index contributed by atoms with van der Waals surface area (Å²) in [6.07, 6.45) is 5.02. The zero-order valence-corrected chi connectivity index (χ0v) is 12.7. The first-order valence-electron chi connectivity index (χ1n) is 7.44. The number of fused-ring (bicyclic) bond motifs is 2. The number of benzene rings is 1. The smallest absolute Gasteiger partial charge is 0.258 e. The summed E-state index contributed by atoms with van der Waals surface area (Å²) in [5, 5.41) is 3.11. The van der Waals surface area contributed by atoms with Crippen molar-refractivity contribution in [2.75, 3.05) is 6.61 Å². The Morgan fingerprint density at radius 3 is 2.62 bits per heavy atom. The fourth-order valence-electron chi connectivity index (χ4n) is 3.53. The highest BCUT2D eigenvalue weighted by molar-refractivity contribution is 7.80. The highest BCUT2D eigenvalue weighted by atomic mass is 32.1. The summed E-state index contributed by atoms with van der Waals surface area (Å²) in [6.45, 7) is 0.0559. The third-order valence-corrected chi connectivity index (χ3v) is 4.83. The molecule has 112 valence electrons. The first-order chi connectivity index (χ1) is 10.1. The normalized spacial score (nSPS) is 26.6. The molecular formula is C16H20N2O2S. The topological polar surface area (TPSA) is 64.3 Å². The van der Waals surface area contributed by atoms with Gasteiger partial charge < -0.3 is 15.8 Å². The van der Waals surface area contributed by atoms with Gasteiger partial charge in [-0.25, -0.2) is 0 Å². The summed E-state index contributed by atoms with van der Waals surface area (Å²) in [7, 11) is 0. The monoisotopic (exact) mass is 304 g/mol. The molecule has 1 aromatic rings. The maximum Gasteiger partial charge on any atom is 0.258 e. The van der Waals surface area contributed by atoms with E-state index < -0.39 is 0 Å². The van der Waals surface area contributed by atoms with E-state index in [1.807, 2.05) is 0 Å². The van der Waals surface area contributed by atoms with E-state index in [4.69, 9.17) is 22.7 Å². The minimum Gasteiger partial charge on any atom is -0.484 e. The molecule has 2 fully saturated rings. The number of ether oxygens (including phenoxy) is 1. The van der Waals surface area contributed by atoms with Crippen molar-refractivity contribution < 1.29 is 9.53 Å². The summed E-state index contributed by atoms with van der Waals surface area (Å²) in [6, 6.07) is 7.51. The second kappa shape index (κ2) is 6.02. The molecule has 3 N–H and O–H groups in total. The Morgan fingerprint density at radius 1 is 1.29 bits per heavy atom. The van der Waals surface area contributed by atoms with Crippen LogP contribution in [0.1, 0.15) is 31.2 Å². The molecule has 21 heavy (non-hydrogen) atoms. The zero-order valence-electron chi connectivity index (χ0n) is 11.9. The van der Waals surface area contributed by atoms with Crippen LogP contribution in [-0.4, -0.2) is 23.5 Å². The van der Waals surface area contributed by atoms with Crippen molar-refractivity contribution in [1.82, 2.24) is 5.32 Å². The number of rotatable bonds is 5. The molecule has 2 saturated carbocycles. The van der Waals surface area contributed by atoms with Gasteiger partial charge in [0.1, 0.15) is 10.7 Å². The van der Waals surface area contributed by atoms with Crippen molar-refractivity contribution >= 4 is 23.1 Å². The molecule has 2 aliphatic rings. The van der Waals surface area contributed by atoms with E-state index >= 15 is 0 Å². The molecule has 1 amide bonds. The van der Waals surface area contributed by atoms with Crippen LogP contribution in [0.5, 0.6) is 5.75 Å². The Bertz CT molecular complexity index is 544. The van der Waals surface area contributed by atoms with Gasteiger partial charge in [0, 0.05) is 11.6 Å². The Labute approximate surface area is 130 Å². The fraction of sp³-hybridized carbons (Fsp3) is 0.500. The first-order valence-corrected chi connectivity index (χ1v) is 7.84. The lowest BCUT2D eigenvalue weighted by Crippen LogP contribution is -2.40. The van der Waals surface area contributed by atoms with E-state index in [-0.39, 0.29) is 12.5 Å². The fourth-order valence-corrected chi connectivity index (χ4v) is 3.67. The lowest BCUT2D eigenvalue weighted by atomic mass is 9.95. The lowest BCUT2D eigenvalue weighted by molar-refractivity contribution is -0.124. The number of nitrogens with two attached hydrogens (primary N) is 1. The van der Waals surface area contributed by atoms with Crippen molar-refractivity contribution in [3.05, 3.63) is 29.8 Å². The molecule has 0 aliphatic heterocycles. The molecule has 0 heterocycles. The van der Waals surface area contributed by atoms with Crippen molar-refractivity contribution in [1.29, 1.82) is 0 Å². The second-order valence-electron chi connectivity index (χ2n) is 6.03. The highest BCUT2D eigenvalue weighted by Crippen LogP contribution is 2.44. The molecule has 0 spiro atoms. The molecule has 3 atom stereocenters. The van der Waals surface area contributed by atoms with Gasteiger partial charge in [-0.05, 0) is 55.4 Å². The van der Waals surface area contributed by atoms with E-state index in [0.717, 1.165) is 17.9 Å². The first kappa shape index (κ1) is 14.3. The Hall–Kier alpha value is -1.62. The lowest BCUT2D eigenvalue weighted by Gasteiger charge is -2.22. The van der Waals surface area contributed by atoms with Gasteiger partial charge in [-0.2, -0.15) is 0 Å². The number of carbonyl (C=O) groups excluding carboxylic acids is 1. The molecule has 3 rings (SSSR count). The number of hydrogen-bond donors (Lipinski definition) is 2. The zero-order chi connectivity index (χ0) is 14.8. The van der Waals surface area contributed by atoms with Crippen molar-refractivity contribution in [2.45, 2.75) is 31.7 Å². The minimum absolute atomic E-state index is 0.0361. The molecule has 1 aromatic carbocycles. The maximum atomic E-state index is 11.9. The van der Waals surface area contributed by atoms with Crippen LogP contribution in [0.4, 0.5) is 0 Å². The highest BCUT2D eigenvalue weighted by Gasteiger charge is 2.40. The van der Waals surface area contributed by atoms with Crippen molar-refractivity contribution in [3.63, 3.8) is 0 Å². The van der Waals surface area contributed by atoms with Gasteiger partial charge >= 0.3 is 0 Å². The third-order valence-electron chi connectivity index (χ3n) is 4.59. The number of hydrogen-bond acceptors (Lipinski definition) is 3. The number of carbonyl (C=O) groups is 1. The summed E-state index contributed by atoms with van der Waals surface area (Å²) >= 11 is 4.89. The van der Waals surface area contributed by atoms with Crippen LogP contribution in [0, 0.1) is 11.8 Å². The summed E-state index contributed by atoms with van der Waals surface area (Å²) in [4.78, 5) is 12.3. The molecule has 0 saturated heterocycles. The maximum absolute atomic E-state index is 11.9. The molecule has 2 bridgehead atoms. The van der Waals surface area contributed by atoms with Crippen LogP contribution in [0.3, 0.4) is 0 Å². The Kier molecular flexibility index (Phi) is 4.10. The predicted molar refractivity (Wildman–Crippen MR) is 85.2 cm³/mol. The van der Waals surface area contributed by atoms with Gasteiger partial charge in [-0.15, -0.1) is 0 Å². The van der Waals surface area contributed by atoms with Gasteiger partial charge in [0.15, 0.2) is 6.61 Å².